The molecule has 0 radical (unpaired) electrons. The van der Waals surface area contributed by atoms with Crippen molar-refractivity contribution in [1.82, 2.24) is 4.90 Å². The molecule has 1 aliphatic rings. The van der Waals surface area contributed by atoms with Crippen LogP contribution in [0.4, 0.5) is 10.1 Å². The molecule has 1 saturated heterocycles. The van der Waals surface area contributed by atoms with Gasteiger partial charge in [-0.2, -0.15) is 0 Å². The van der Waals surface area contributed by atoms with Gasteiger partial charge in [-0.05, 0) is 63.0 Å². The summed E-state index contributed by atoms with van der Waals surface area (Å²) in [4.78, 5) is 2.50. The Morgan fingerprint density at radius 2 is 2.17 bits per heavy atom. The third kappa shape index (κ3) is 3.45. The van der Waals surface area contributed by atoms with Crippen LogP contribution in [0, 0.1) is 12.7 Å². The van der Waals surface area contributed by atoms with Crippen LogP contribution in [0.2, 0.25) is 0 Å². The smallest absolute Gasteiger partial charge is 0.123 e. The van der Waals surface area contributed by atoms with Crippen LogP contribution in [-0.2, 0) is 0 Å². The zero-order valence-corrected chi connectivity index (χ0v) is 11.4. The van der Waals surface area contributed by atoms with E-state index in [1.54, 1.807) is 6.07 Å². The van der Waals surface area contributed by atoms with Crippen molar-refractivity contribution in [2.75, 3.05) is 25.0 Å². The fourth-order valence-corrected chi connectivity index (χ4v) is 2.63. The highest BCUT2D eigenvalue weighted by atomic mass is 19.1. The summed E-state index contributed by atoms with van der Waals surface area (Å²) in [6.45, 7) is 7.69. The number of benzene rings is 1. The first kappa shape index (κ1) is 13.3. The minimum Gasteiger partial charge on any atom is -0.382 e. The van der Waals surface area contributed by atoms with Crippen molar-refractivity contribution in [1.29, 1.82) is 0 Å². The maximum absolute atomic E-state index is 13.1. The highest BCUT2D eigenvalue weighted by molar-refractivity contribution is 5.51. The number of nitrogens with one attached hydrogen (secondary N) is 1. The number of rotatable bonds is 3. The number of hydrogen-bond donors (Lipinski definition) is 1. The van der Waals surface area contributed by atoms with Crippen molar-refractivity contribution in [2.45, 2.75) is 39.2 Å². The maximum atomic E-state index is 13.1. The second-order valence-corrected chi connectivity index (χ2v) is 5.17. The first-order valence-electron chi connectivity index (χ1n) is 6.94. The number of likely N-dealkylation sites (tertiary alicyclic amines) is 1. The molecule has 1 atom stereocenters. The van der Waals surface area contributed by atoms with E-state index in [0.717, 1.165) is 24.3 Å². The summed E-state index contributed by atoms with van der Waals surface area (Å²) in [5.74, 6) is -0.156. The summed E-state index contributed by atoms with van der Waals surface area (Å²) < 4.78 is 13.1. The van der Waals surface area contributed by atoms with Gasteiger partial charge in [0.05, 0.1) is 0 Å². The van der Waals surface area contributed by atoms with E-state index in [1.807, 2.05) is 13.0 Å². The van der Waals surface area contributed by atoms with Gasteiger partial charge in [0.2, 0.25) is 0 Å². The summed E-state index contributed by atoms with van der Waals surface area (Å²) in [5.41, 5.74) is 2.07. The van der Waals surface area contributed by atoms with Gasteiger partial charge in [-0.1, -0.05) is 6.92 Å². The third-order valence-electron chi connectivity index (χ3n) is 3.82. The van der Waals surface area contributed by atoms with Gasteiger partial charge in [0, 0.05) is 18.3 Å². The highest BCUT2D eigenvalue weighted by Gasteiger charge is 2.16. The molecule has 100 valence electrons. The molecule has 1 aliphatic heterocycles. The molecule has 1 N–H and O–H groups in total. The van der Waals surface area contributed by atoms with Gasteiger partial charge >= 0.3 is 0 Å². The standard InChI is InChI=1S/C15H23FN2/c1-3-18-9-4-5-14(8-10-18)17-15-7-6-13(16)11-12(15)2/h6-7,11,14,17H,3-5,8-10H2,1-2H3. The Kier molecular flexibility index (Phi) is 4.59. The van der Waals surface area contributed by atoms with E-state index in [0.29, 0.717) is 6.04 Å². The third-order valence-corrected chi connectivity index (χ3v) is 3.82. The van der Waals surface area contributed by atoms with Crippen LogP contribution >= 0.6 is 0 Å². The Balaban J connectivity index is 1.96. The second-order valence-electron chi connectivity index (χ2n) is 5.17. The highest BCUT2D eigenvalue weighted by Crippen LogP contribution is 2.20. The van der Waals surface area contributed by atoms with Gasteiger partial charge in [0.15, 0.2) is 0 Å². The lowest BCUT2D eigenvalue weighted by atomic mass is 10.1. The quantitative estimate of drug-likeness (QED) is 0.884. The molecule has 0 saturated carbocycles. The topological polar surface area (TPSA) is 15.3 Å². The van der Waals surface area contributed by atoms with Gasteiger partial charge < -0.3 is 10.2 Å². The lowest BCUT2D eigenvalue weighted by Gasteiger charge is -2.20. The molecule has 1 heterocycles. The Labute approximate surface area is 109 Å². The molecule has 1 aromatic rings. The molecule has 18 heavy (non-hydrogen) atoms. The number of nitrogens with zero attached hydrogens (tertiary/aromatic N) is 1. The molecule has 1 unspecified atom stereocenters. The van der Waals surface area contributed by atoms with Crippen LogP contribution in [-0.4, -0.2) is 30.6 Å². The van der Waals surface area contributed by atoms with Gasteiger partial charge in [-0.15, -0.1) is 0 Å². The molecule has 1 aromatic carbocycles. The van der Waals surface area contributed by atoms with E-state index in [4.69, 9.17) is 0 Å². The monoisotopic (exact) mass is 250 g/mol. The first-order chi connectivity index (χ1) is 8.69. The Morgan fingerprint density at radius 1 is 1.33 bits per heavy atom. The van der Waals surface area contributed by atoms with E-state index in [-0.39, 0.29) is 5.82 Å². The van der Waals surface area contributed by atoms with E-state index < -0.39 is 0 Å². The Bertz CT molecular complexity index is 392. The molecule has 0 spiro atoms. The van der Waals surface area contributed by atoms with Crippen molar-refractivity contribution < 1.29 is 4.39 Å². The van der Waals surface area contributed by atoms with Gasteiger partial charge in [-0.3, -0.25) is 0 Å². The molecule has 0 aliphatic carbocycles. The predicted octanol–water partition coefficient (Wildman–Crippen LogP) is 3.42. The molecule has 0 bridgehead atoms. The van der Waals surface area contributed by atoms with Crippen LogP contribution in [0.3, 0.4) is 0 Å². The summed E-state index contributed by atoms with van der Waals surface area (Å²) in [6.07, 6.45) is 3.61. The largest absolute Gasteiger partial charge is 0.382 e. The van der Waals surface area contributed by atoms with Crippen molar-refractivity contribution in [3.05, 3.63) is 29.6 Å². The SMILES string of the molecule is CCN1CCCC(Nc2ccc(F)cc2C)CC1. The first-order valence-corrected chi connectivity index (χ1v) is 6.94. The van der Waals surface area contributed by atoms with Crippen molar-refractivity contribution in [3.8, 4) is 0 Å². The lowest BCUT2D eigenvalue weighted by Crippen LogP contribution is -2.26. The molecule has 1 fully saturated rings. The van der Waals surface area contributed by atoms with Crippen molar-refractivity contribution in [2.24, 2.45) is 0 Å². The summed E-state index contributed by atoms with van der Waals surface area (Å²) in [7, 11) is 0. The minimum atomic E-state index is -0.156. The van der Waals surface area contributed by atoms with Gasteiger partial charge in [0.25, 0.3) is 0 Å². The molecule has 2 nitrogen and oxygen atoms in total. The Morgan fingerprint density at radius 3 is 2.89 bits per heavy atom. The number of aryl methyl sites for hydroxylation is 1. The Hall–Kier alpha value is -1.09. The van der Waals surface area contributed by atoms with Crippen molar-refractivity contribution >= 4 is 5.69 Å². The average molecular weight is 250 g/mol. The molecule has 0 amide bonds. The molecular weight excluding hydrogens is 227 g/mol. The molecule has 2 rings (SSSR count). The fourth-order valence-electron chi connectivity index (χ4n) is 2.63. The molecule has 3 heteroatoms. The molecular formula is C15H23FN2. The van der Waals surface area contributed by atoms with E-state index in [9.17, 15) is 4.39 Å². The number of hydrogen-bond acceptors (Lipinski definition) is 2. The van der Waals surface area contributed by atoms with Crippen molar-refractivity contribution in [3.63, 3.8) is 0 Å². The van der Waals surface area contributed by atoms with Crippen LogP contribution in [0.1, 0.15) is 31.7 Å². The fraction of sp³-hybridized carbons (Fsp3) is 0.600. The zero-order valence-electron chi connectivity index (χ0n) is 11.4. The normalized spacial score (nSPS) is 21.6. The average Bonchev–Trinajstić information content (AvgIpc) is 2.58. The minimum absolute atomic E-state index is 0.156. The van der Waals surface area contributed by atoms with E-state index in [1.165, 1.54) is 31.9 Å². The van der Waals surface area contributed by atoms with E-state index >= 15 is 0 Å². The summed E-state index contributed by atoms with van der Waals surface area (Å²) >= 11 is 0. The molecule has 0 aromatic heterocycles. The maximum Gasteiger partial charge on any atom is 0.123 e. The van der Waals surface area contributed by atoms with Gasteiger partial charge in [0.1, 0.15) is 5.82 Å². The van der Waals surface area contributed by atoms with Crippen LogP contribution in [0.25, 0.3) is 0 Å². The predicted molar refractivity (Wildman–Crippen MR) is 74.5 cm³/mol. The number of anilines is 1. The van der Waals surface area contributed by atoms with Gasteiger partial charge in [-0.25, -0.2) is 4.39 Å². The second kappa shape index (κ2) is 6.19. The lowest BCUT2D eigenvalue weighted by molar-refractivity contribution is 0.300. The summed E-state index contributed by atoms with van der Waals surface area (Å²) in [5, 5.41) is 3.57. The summed E-state index contributed by atoms with van der Waals surface area (Å²) in [6, 6.07) is 5.50. The van der Waals surface area contributed by atoms with Crippen LogP contribution in [0.5, 0.6) is 0 Å². The number of halogens is 1. The zero-order chi connectivity index (χ0) is 13.0. The van der Waals surface area contributed by atoms with Crippen LogP contribution in [0.15, 0.2) is 18.2 Å². The van der Waals surface area contributed by atoms with E-state index in [2.05, 4.69) is 17.1 Å². The van der Waals surface area contributed by atoms with Crippen LogP contribution < -0.4 is 5.32 Å².